The quantitative estimate of drug-likeness (QED) is 0.861. The average molecular weight is 380 g/mol. The van der Waals surface area contributed by atoms with Crippen molar-refractivity contribution < 1.29 is 9.53 Å². The Kier molecular flexibility index (Phi) is 5.56. The largest absolute Gasteiger partial charge is 0.497 e. The molecule has 25 heavy (non-hydrogen) atoms. The van der Waals surface area contributed by atoms with E-state index in [1.165, 1.54) is 0 Å². The molecule has 1 fully saturated rings. The third-order valence-electron chi connectivity index (χ3n) is 4.16. The molecule has 1 aliphatic heterocycles. The molecule has 0 aliphatic carbocycles. The Labute approximate surface area is 157 Å². The maximum absolute atomic E-state index is 12.4. The predicted octanol–water partition coefficient (Wildman–Crippen LogP) is 4.36. The number of rotatable bonds is 3. The van der Waals surface area contributed by atoms with Crippen molar-refractivity contribution in [1.82, 2.24) is 4.90 Å². The molecule has 0 bridgehead atoms. The summed E-state index contributed by atoms with van der Waals surface area (Å²) in [4.78, 5) is 16.3. The second kappa shape index (κ2) is 7.85. The number of anilines is 2. The maximum atomic E-state index is 12.4. The highest BCUT2D eigenvalue weighted by molar-refractivity contribution is 6.35. The van der Waals surface area contributed by atoms with Crippen molar-refractivity contribution >= 4 is 40.6 Å². The molecule has 132 valence electrons. The number of amides is 2. The van der Waals surface area contributed by atoms with Gasteiger partial charge in [-0.15, -0.1) is 0 Å². The van der Waals surface area contributed by atoms with Gasteiger partial charge in [0.15, 0.2) is 0 Å². The van der Waals surface area contributed by atoms with E-state index in [1.54, 1.807) is 24.1 Å². The lowest BCUT2D eigenvalue weighted by atomic mass is 10.2. The van der Waals surface area contributed by atoms with Crippen LogP contribution in [0.15, 0.2) is 42.5 Å². The van der Waals surface area contributed by atoms with E-state index in [4.69, 9.17) is 27.9 Å². The van der Waals surface area contributed by atoms with Crippen molar-refractivity contribution in [2.45, 2.75) is 0 Å². The minimum atomic E-state index is -0.109. The van der Waals surface area contributed by atoms with Crippen molar-refractivity contribution in [3.05, 3.63) is 52.5 Å². The zero-order valence-corrected chi connectivity index (χ0v) is 15.3. The van der Waals surface area contributed by atoms with Crippen LogP contribution in [-0.2, 0) is 0 Å². The lowest BCUT2D eigenvalue weighted by Gasteiger charge is -2.36. The topological polar surface area (TPSA) is 44.8 Å². The fourth-order valence-electron chi connectivity index (χ4n) is 2.76. The van der Waals surface area contributed by atoms with Gasteiger partial charge in [-0.3, -0.25) is 0 Å². The van der Waals surface area contributed by atoms with Crippen LogP contribution in [-0.4, -0.2) is 44.2 Å². The van der Waals surface area contributed by atoms with E-state index in [9.17, 15) is 4.79 Å². The Bertz CT molecular complexity index is 744. The van der Waals surface area contributed by atoms with E-state index in [0.717, 1.165) is 17.1 Å². The number of hydrogen-bond donors (Lipinski definition) is 1. The molecule has 3 rings (SSSR count). The molecule has 0 atom stereocenters. The fourth-order valence-corrected chi connectivity index (χ4v) is 3.16. The maximum Gasteiger partial charge on any atom is 0.321 e. The number of carbonyl (C=O) groups is 1. The van der Waals surface area contributed by atoms with Gasteiger partial charge in [-0.1, -0.05) is 23.2 Å². The van der Waals surface area contributed by atoms with Crippen molar-refractivity contribution in [1.29, 1.82) is 0 Å². The summed E-state index contributed by atoms with van der Waals surface area (Å²) in [7, 11) is 1.61. The first kappa shape index (κ1) is 17.7. The van der Waals surface area contributed by atoms with Crippen molar-refractivity contribution in [2.75, 3.05) is 43.5 Å². The second-order valence-electron chi connectivity index (χ2n) is 5.73. The highest BCUT2D eigenvalue weighted by Crippen LogP contribution is 2.29. The van der Waals surface area contributed by atoms with E-state index in [0.29, 0.717) is 36.2 Å². The molecule has 1 heterocycles. The molecule has 0 aromatic heterocycles. The molecule has 0 saturated carbocycles. The Balaban J connectivity index is 1.57. The Morgan fingerprint density at radius 3 is 2.36 bits per heavy atom. The van der Waals surface area contributed by atoms with Gasteiger partial charge in [-0.25, -0.2) is 4.79 Å². The number of halogens is 2. The number of nitrogens with one attached hydrogen (secondary N) is 1. The van der Waals surface area contributed by atoms with Crippen LogP contribution in [0.3, 0.4) is 0 Å². The summed E-state index contributed by atoms with van der Waals surface area (Å²) >= 11 is 12.3. The summed E-state index contributed by atoms with van der Waals surface area (Å²) in [6, 6.07) is 12.6. The van der Waals surface area contributed by atoms with Gasteiger partial charge >= 0.3 is 6.03 Å². The van der Waals surface area contributed by atoms with E-state index >= 15 is 0 Å². The molecule has 1 saturated heterocycles. The second-order valence-corrected chi connectivity index (χ2v) is 6.57. The fraction of sp³-hybridized carbons (Fsp3) is 0.278. The van der Waals surface area contributed by atoms with Gasteiger partial charge in [0.1, 0.15) is 5.75 Å². The summed E-state index contributed by atoms with van der Waals surface area (Å²) in [6.07, 6.45) is 0. The summed E-state index contributed by atoms with van der Waals surface area (Å²) in [5.41, 5.74) is 1.65. The third-order valence-corrected chi connectivity index (χ3v) is 4.71. The minimum Gasteiger partial charge on any atom is -0.497 e. The van der Waals surface area contributed by atoms with E-state index in [2.05, 4.69) is 10.2 Å². The average Bonchev–Trinajstić information content (AvgIpc) is 2.64. The Morgan fingerprint density at radius 1 is 1.04 bits per heavy atom. The number of nitrogens with zero attached hydrogens (tertiary/aromatic N) is 2. The van der Waals surface area contributed by atoms with Gasteiger partial charge in [-0.05, 0) is 42.5 Å². The van der Waals surface area contributed by atoms with Gasteiger partial charge in [-0.2, -0.15) is 0 Å². The SMILES string of the molecule is COc1ccc(NC(=O)N2CCN(c3cc(Cl)ccc3Cl)CC2)cc1. The monoisotopic (exact) mass is 379 g/mol. The van der Waals surface area contributed by atoms with Crippen LogP contribution in [0, 0.1) is 0 Å². The summed E-state index contributed by atoms with van der Waals surface area (Å²) in [6.45, 7) is 2.64. The molecule has 1 N–H and O–H groups in total. The number of piperazine rings is 1. The van der Waals surface area contributed by atoms with E-state index in [1.807, 2.05) is 30.3 Å². The van der Waals surface area contributed by atoms with Crippen LogP contribution < -0.4 is 15.0 Å². The molecule has 2 aromatic carbocycles. The van der Waals surface area contributed by atoms with Crippen LogP contribution in [0.25, 0.3) is 0 Å². The minimum absolute atomic E-state index is 0.109. The van der Waals surface area contributed by atoms with Gasteiger partial charge in [0.05, 0.1) is 17.8 Å². The van der Waals surface area contributed by atoms with Crippen LogP contribution in [0.4, 0.5) is 16.2 Å². The van der Waals surface area contributed by atoms with Crippen molar-refractivity contribution in [3.63, 3.8) is 0 Å². The highest BCUT2D eigenvalue weighted by atomic mass is 35.5. The zero-order chi connectivity index (χ0) is 17.8. The standard InChI is InChI=1S/C18H19Cl2N3O2/c1-25-15-5-3-14(4-6-15)21-18(24)23-10-8-22(9-11-23)17-12-13(19)2-7-16(17)20/h2-7,12H,8-11H2,1H3,(H,21,24). The molecule has 2 aromatic rings. The molecule has 0 spiro atoms. The first-order chi connectivity index (χ1) is 12.1. The van der Waals surface area contributed by atoms with Gasteiger partial charge in [0.2, 0.25) is 0 Å². The number of urea groups is 1. The molecule has 0 unspecified atom stereocenters. The van der Waals surface area contributed by atoms with Gasteiger partial charge in [0, 0.05) is 36.9 Å². The van der Waals surface area contributed by atoms with Gasteiger partial charge in [0.25, 0.3) is 0 Å². The van der Waals surface area contributed by atoms with Gasteiger partial charge < -0.3 is 19.9 Å². The molecular formula is C18H19Cl2N3O2. The Hall–Kier alpha value is -2.11. The highest BCUT2D eigenvalue weighted by Gasteiger charge is 2.22. The summed E-state index contributed by atoms with van der Waals surface area (Å²) < 4.78 is 5.11. The number of ether oxygens (including phenoxy) is 1. The molecule has 2 amide bonds. The van der Waals surface area contributed by atoms with Crippen molar-refractivity contribution in [2.24, 2.45) is 0 Å². The van der Waals surface area contributed by atoms with Crippen LogP contribution >= 0.6 is 23.2 Å². The lowest BCUT2D eigenvalue weighted by molar-refractivity contribution is 0.208. The number of benzene rings is 2. The molecule has 0 radical (unpaired) electrons. The van der Waals surface area contributed by atoms with Crippen LogP contribution in [0.5, 0.6) is 5.75 Å². The van der Waals surface area contributed by atoms with E-state index < -0.39 is 0 Å². The normalized spacial score (nSPS) is 14.4. The molecule has 5 nitrogen and oxygen atoms in total. The Morgan fingerprint density at radius 2 is 1.72 bits per heavy atom. The third kappa shape index (κ3) is 4.30. The van der Waals surface area contributed by atoms with E-state index in [-0.39, 0.29) is 6.03 Å². The predicted molar refractivity (Wildman–Crippen MR) is 102 cm³/mol. The number of hydrogen-bond acceptors (Lipinski definition) is 3. The lowest BCUT2D eigenvalue weighted by Crippen LogP contribution is -2.50. The molecule has 1 aliphatic rings. The van der Waals surface area contributed by atoms with Crippen LogP contribution in [0.1, 0.15) is 0 Å². The smallest absolute Gasteiger partial charge is 0.321 e. The molecular weight excluding hydrogens is 361 g/mol. The summed E-state index contributed by atoms with van der Waals surface area (Å²) in [5, 5.41) is 4.22. The number of carbonyl (C=O) groups excluding carboxylic acids is 1. The first-order valence-electron chi connectivity index (χ1n) is 7.97. The number of methoxy groups -OCH3 is 1. The van der Waals surface area contributed by atoms with Crippen LogP contribution in [0.2, 0.25) is 10.0 Å². The van der Waals surface area contributed by atoms with Crippen molar-refractivity contribution in [3.8, 4) is 5.75 Å². The molecule has 7 heteroatoms. The summed E-state index contributed by atoms with van der Waals surface area (Å²) in [5.74, 6) is 0.755. The first-order valence-corrected chi connectivity index (χ1v) is 8.72. The zero-order valence-electron chi connectivity index (χ0n) is 13.8.